The van der Waals surface area contributed by atoms with Crippen molar-refractivity contribution in [3.8, 4) is 0 Å². The molecule has 2 heterocycles. The molecule has 1 aliphatic heterocycles. The fourth-order valence-electron chi connectivity index (χ4n) is 2.54. The predicted molar refractivity (Wildman–Crippen MR) is 68.0 cm³/mol. The van der Waals surface area contributed by atoms with Crippen molar-refractivity contribution >= 4 is 0 Å². The van der Waals surface area contributed by atoms with Crippen molar-refractivity contribution in [1.29, 1.82) is 0 Å². The van der Waals surface area contributed by atoms with Crippen LogP contribution in [-0.4, -0.2) is 39.3 Å². The SMILES string of the molecule is CCCCc1noc(CN2CCC(C)C2CO)n1. The number of aryl methyl sites for hydroxylation is 1. The summed E-state index contributed by atoms with van der Waals surface area (Å²) in [4.78, 5) is 6.64. The molecule has 18 heavy (non-hydrogen) atoms. The summed E-state index contributed by atoms with van der Waals surface area (Å²) >= 11 is 0. The first-order valence-electron chi connectivity index (χ1n) is 6.91. The average molecular weight is 253 g/mol. The van der Waals surface area contributed by atoms with Gasteiger partial charge in [-0.1, -0.05) is 25.4 Å². The third kappa shape index (κ3) is 3.09. The Kier molecular flexibility index (Phi) is 4.72. The Morgan fingerprint density at radius 2 is 2.33 bits per heavy atom. The fraction of sp³-hybridized carbons (Fsp3) is 0.846. The maximum absolute atomic E-state index is 9.40. The number of aliphatic hydroxyl groups is 1. The number of aliphatic hydroxyl groups excluding tert-OH is 1. The van der Waals surface area contributed by atoms with Gasteiger partial charge in [-0.15, -0.1) is 0 Å². The van der Waals surface area contributed by atoms with Gasteiger partial charge in [0.25, 0.3) is 0 Å². The molecule has 0 radical (unpaired) electrons. The molecular weight excluding hydrogens is 230 g/mol. The molecule has 2 atom stereocenters. The summed E-state index contributed by atoms with van der Waals surface area (Å²) in [5, 5.41) is 13.4. The zero-order valence-electron chi connectivity index (χ0n) is 11.3. The maximum Gasteiger partial charge on any atom is 0.240 e. The van der Waals surface area contributed by atoms with Gasteiger partial charge >= 0.3 is 0 Å². The molecule has 102 valence electrons. The second-order valence-corrected chi connectivity index (χ2v) is 5.19. The van der Waals surface area contributed by atoms with Crippen LogP contribution in [0.4, 0.5) is 0 Å². The Labute approximate surface area is 108 Å². The quantitative estimate of drug-likeness (QED) is 0.834. The number of hydrogen-bond donors (Lipinski definition) is 1. The molecular formula is C13H23N3O2. The summed E-state index contributed by atoms with van der Waals surface area (Å²) in [6.45, 7) is 6.20. The van der Waals surface area contributed by atoms with Crippen molar-refractivity contribution in [3.05, 3.63) is 11.7 Å². The number of rotatable bonds is 6. The third-order valence-electron chi connectivity index (χ3n) is 3.79. The van der Waals surface area contributed by atoms with Crippen LogP contribution < -0.4 is 0 Å². The lowest BCUT2D eigenvalue weighted by atomic mass is 10.0. The van der Waals surface area contributed by atoms with Crippen LogP contribution in [0.2, 0.25) is 0 Å². The van der Waals surface area contributed by atoms with Crippen LogP contribution in [0.5, 0.6) is 0 Å². The molecule has 2 unspecified atom stereocenters. The molecule has 1 aromatic rings. The average Bonchev–Trinajstić information content (AvgIpc) is 2.95. The van der Waals surface area contributed by atoms with Gasteiger partial charge in [0.05, 0.1) is 13.2 Å². The lowest BCUT2D eigenvalue weighted by molar-refractivity contribution is 0.123. The lowest BCUT2D eigenvalue weighted by Gasteiger charge is -2.23. The van der Waals surface area contributed by atoms with E-state index in [1.165, 1.54) is 0 Å². The van der Waals surface area contributed by atoms with E-state index < -0.39 is 0 Å². The van der Waals surface area contributed by atoms with Crippen LogP contribution in [0.15, 0.2) is 4.52 Å². The van der Waals surface area contributed by atoms with E-state index in [0.29, 0.717) is 18.4 Å². The van der Waals surface area contributed by atoms with Gasteiger partial charge in [-0.25, -0.2) is 0 Å². The van der Waals surface area contributed by atoms with Crippen LogP contribution in [0.3, 0.4) is 0 Å². The molecule has 1 fully saturated rings. The van der Waals surface area contributed by atoms with E-state index >= 15 is 0 Å². The topological polar surface area (TPSA) is 62.4 Å². The van der Waals surface area contributed by atoms with E-state index in [1.807, 2.05) is 0 Å². The highest BCUT2D eigenvalue weighted by Gasteiger charge is 2.31. The number of aromatic nitrogens is 2. The lowest BCUT2D eigenvalue weighted by Crippen LogP contribution is -2.34. The largest absolute Gasteiger partial charge is 0.395 e. The summed E-state index contributed by atoms with van der Waals surface area (Å²) in [7, 11) is 0. The molecule has 0 aliphatic carbocycles. The zero-order valence-corrected chi connectivity index (χ0v) is 11.3. The monoisotopic (exact) mass is 253 g/mol. The van der Waals surface area contributed by atoms with E-state index in [2.05, 4.69) is 28.9 Å². The van der Waals surface area contributed by atoms with Crippen LogP contribution in [0.25, 0.3) is 0 Å². The van der Waals surface area contributed by atoms with Gasteiger partial charge < -0.3 is 9.63 Å². The molecule has 0 amide bonds. The number of hydrogen-bond acceptors (Lipinski definition) is 5. The maximum atomic E-state index is 9.40. The minimum atomic E-state index is 0.206. The second-order valence-electron chi connectivity index (χ2n) is 5.19. The van der Waals surface area contributed by atoms with Crippen LogP contribution in [0, 0.1) is 5.92 Å². The molecule has 2 rings (SSSR count). The first-order chi connectivity index (χ1) is 8.74. The van der Waals surface area contributed by atoms with Crippen molar-refractivity contribution < 1.29 is 9.63 Å². The molecule has 1 saturated heterocycles. The van der Waals surface area contributed by atoms with Crippen molar-refractivity contribution in [2.24, 2.45) is 5.92 Å². The highest BCUT2D eigenvalue weighted by molar-refractivity contribution is 4.91. The first kappa shape index (κ1) is 13.5. The molecule has 0 saturated carbocycles. The number of unbranched alkanes of at least 4 members (excludes halogenated alkanes) is 1. The Morgan fingerprint density at radius 1 is 1.50 bits per heavy atom. The van der Waals surface area contributed by atoms with Crippen LogP contribution in [0.1, 0.15) is 44.8 Å². The smallest absolute Gasteiger partial charge is 0.240 e. The van der Waals surface area contributed by atoms with Crippen molar-refractivity contribution in [2.45, 2.75) is 52.1 Å². The van der Waals surface area contributed by atoms with E-state index in [9.17, 15) is 5.11 Å². The van der Waals surface area contributed by atoms with Gasteiger partial charge in [0.2, 0.25) is 5.89 Å². The van der Waals surface area contributed by atoms with Gasteiger partial charge in [-0.3, -0.25) is 4.90 Å². The third-order valence-corrected chi connectivity index (χ3v) is 3.79. The van der Waals surface area contributed by atoms with Gasteiger partial charge in [-0.05, 0) is 25.3 Å². The molecule has 0 aromatic carbocycles. The van der Waals surface area contributed by atoms with Crippen molar-refractivity contribution in [3.63, 3.8) is 0 Å². The predicted octanol–water partition coefficient (Wildman–Crippen LogP) is 1.61. The number of likely N-dealkylation sites (tertiary alicyclic amines) is 1. The molecule has 1 N–H and O–H groups in total. The molecule has 1 aromatic heterocycles. The van der Waals surface area contributed by atoms with Crippen LogP contribution in [-0.2, 0) is 13.0 Å². The summed E-state index contributed by atoms with van der Waals surface area (Å²) in [6, 6.07) is 0.232. The van der Waals surface area contributed by atoms with Gasteiger partial charge in [-0.2, -0.15) is 4.98 Å². The van der Waals surface area contributed by atoms with E-state index in [0.717, 1.165) is 38.1 Å². The van der Waals surface area contributed by atoms with Crippen LogP contribution >= 0.6 is 0 Å². The Bertz CT molecular complexity index is 367. The summed E-state index contributed by atoms with van der Waals surface area (Å²) in [5.74, 6) is 2.02. The Hall–Kier alpha value is -0.940. The molecule has 1 aliphatic rings. The van der Waals surface area contributed by atoms with Gasteiger partial charge in [0.15, 0.2) is 5.82 Å². The molecule has 5 heteroatoms. The zero-order chi connectivity index (χ0) is 13.0. The molecule has 5 nitrogen and oxygen atoms in total. The molecule has 0 spiro atoms. The summed E-state index contributed by atoms with van der Waals surface area (Å²) in [5.41, 5.74) is 0. The van der Waals surface area contributed by atoms with E-state index in [-0.39, 0.29) is 12.6 Å². The standard InChI is InChI=1S/C13H23N3O2/c1-3-4-5-12-14-13(18-15-12)8-16-7-6-10(2)11(16)9-17/h10-11,17H,3-9H2,1-2H3. The van der Waals surface area contributed by atoms with E-state index in [4.69, 9.17) is 4.52 Å². The second kappa shape index (κ2) is 6.29. The Morgan fingerprint density at radius 3 is 3.06 bits per heavy atom. The summed E-state index contributed by atoms with van der Waals surface area (Å²) < 4.78 is 5.27. The highest BCUT2D eigenvalue weighted by Crippen LogP contribution is 2.24. The molecule has 0 bridgehead atoms. The minimum absolute atomic E-state index is 0.206. The van der Waals surface area contributed by atoms with Crippen molar-refractivity contribution in [2.75, 3.05) is 13.2 Å². The van der Waals surface area contributed by atoms with Crippen molar-refractivity contribution in [1.82, 2.24) is 15.0 Å². The van der Waals surface area contributed by atoms with E-state index in [1.54, 1.807) is 0 Å². The minimum Gasteiger partial charge on any atom is -0.395 e. The Balaban J connectivity index is 1.91. The summed E-state index contributed by atoms with van der Waals surface area (Å²) in [6.07, 6.45) is 4.25. The highest BCUT2D eigenvalue weighted by atomic mass is 16.5. The van der Waals surface area contributed by atoms with Gasteiger partial charge in [0, 0.05) is 12.5 Å². The normalized spacial score (nSPS) is 24.8. The first-order valence-corrected chi connectivity index (χ1v) is 6.91. The van der Waals surface area contributed by atoms with Gasteiger partial charge in [0.1, 0.15) is 0 Å². The number of nitrogens with zero attached hydrogens (tertiary/aromatic N) is 3. The fourth-order valence-corrected chi connectivity index (χ4v) is 2.54.